The van der Waals surface area contributed by atoms with Crippen LogP contribution in [-0.2, 0) is 6.18 Å². The maximum atomic E-state index is 12.9. The number of nitrogens with two attached hydrogens (primary N) is 1. The molecular formula is C7H7ClF4N2. The van der Waals surface area contributed by atoms with Crippen molar-refractivity contribution in [3.05, 3.63) is 29.6 Å². The number of nitrogens with one attached hydrogen (secondary N) is 1. The van der Waals surface area contributed by atoms with Crippen molar-refractivity contribution in [2.75, 3.05) is 5.43 Å². The van der Waals surface area contributed by atoms with Crippen LogP contribution in [-0.4, -0.2) is 0 Å². The Hall–Kier alpha value is -1.01. The molecule has 80 valence electrons. The standard InChI is InChI=1S/C7H6F4N2.ClH/c8-6-4(7(9,10)11)2-1-3-5(6)13-12;/h1-3,13H,12H2;1H. The third-order valence-corrected chi connectivity index (χ3v) is 1.46. The first-order valence-corrected chi connectivity index (χ1v) is 3.29. The van der Waals surface area contributed by atoms with Crippen molar-refractivity contribution in [2.45, 2.75) is 6.18 Å². The predicted molar refractivity (Wildman–Crippen MR) is 46.5 cm³/mol. The highest BCUT2D eigenvalue weighted by molar-refractivity contribution is 5.85. The van der Waals surface area contributed by atoms with Crippen LogP contribution < -0.4 is 11.3 Å². The summed E-state index contributed by atoms with van der Waals surface area (Å²) in [6.07, 6.45) is -4.70. The largest absolute Gasteiger partial charge is 0.419 e. The van der Waals surface area contributed by atoms with Gasteiger partial charge in [0.15, 0.2) is 5.82 Å². The molecule has 1 aromatic carbocycles. The lowest BCUT2D eigenvalue weighted by molar-refractivity contribution is -0.139. The first kappa shape index (κ1) is 13.0. The molecule has 14 heavy (non-hydrogen) atoms. The summed E-state index contributed by atoms with van der Waals surface area (Å²) in [6, 6.07) is 2.84. The van der Waals surface area contributed by atoms with Gasteiger partial charge in [-0.15, -0.1) is 12.4 Å². The first-order valence-electron chi connectivity index (χ1n) is 3.29. The van der Waals surface area contributed by atoms with E-state index in [1.807, 2.05) is 5.43 Å². The molecule has 0 fully saturated rings. The minimum Gasteiger partial charge on any atom is -0.321 e. The summed E-state index contributed by atoms with van der Waals surface area (Å²) >= 11 is 0. The van der Waals surface area contributed by atoms with E-state index in [1.54, 1.807) is 0 Å². The molecule has 0 radical (unpaired) electrons. The minimum absolute atomic E-state index is 0. The van der Waals surface area contributed by atoms with Gasteiger partial charge in [0.05, 0.1) is 11.3 Å². The van der Waals surface area contributed by atoms with Crippen LogP contribution in [0.15, 0.2) is 18.2 Å². The van der Waals surface area contributed by atoms with Gasteiger partial charge >= 0.3 is 6.18 Å². The Labute approximate surface area is 83.5 Å². The highest BCUT2D eigenvalue weighted by Gasteiger charge is 2.34. The summed E-state index contributed by atoms with van der Waals surface area (Å²) < 4.78 is 49.1. The second-order valence-electron chi connectivity index (χ2n) is 2.31. The van der Waals surface area contributed by atoms with E-state index < -0.39 is 17.6 Å². The number of hydrazine groups is 1. The van der Waals surface area contributed by atoms with Crippen molar-refractivity contribution >= 4 is 18.1 Å². The summed E-state index contributed by atoms with van der Waals surface area (Å²) in [4.78, 5) is 0. The molecule has 0 atom stereocenters. The summed E-state index contributed by atoms with van der Waals surface area (Å²) in [7, 11) is 0. The maximum Gasteiger partial charge on any atom is 0.419 e. The van der Waals surface area contributed by atoms with Crippen molar-refractivity contribution < 1.29 is 17.6 Å². The van der Waals surface area contributed by atoms with Crippen molar-refractivity contribution in [1.29, 1.82) is 0 Å². The molecule has 0 spiro atoms. The van der Waals surface area contributed by atoms with Gasteiger partial charge in [-0.25, -0.2) is 4.39 Å². The lowest BCUT2D eigenvalue weighted by Crippen LogP contribution is -2.13. The Morgan fingerprint density at radius 1 is 1.21 bits per heavy atom. The molecule has 0 aliphatic rings. The molecule has 3 N–H and O–H groups in total. The van der Waals surface area contributed by atoms with Gasteiger partial charge in [0.1, 0.15) is 0 Å². The van der Waals surface area contributed by atoms with Gasteiger partial charge in [0.2, 0.25) is 0 Å². The van der Waals surface area contributed by atoms with Gasteiger partial charge in [-0.3, -0.25) is 5.84 Å². The SMILES string of the molecule is Cl.NNc1cccc(C(F)(F)F)c1F. The maximum absolute atomic E-state index is 12.9. The monoisotopic (exact) mass is 230 g/mol. The number of hydrogen-bond donors (Lipinski definition) is 2. The van der Waals surface area contributed by atoms with E-state index in [2.05, 4.69) is 0 Å². The molecule has 1 rings (SSSR count). The predicted octanol–water partition coefficient (Wildman–Crippen LogP) is 2.55. The third-order valence-electron chi connectivity index (χ3n) is 1.46. The normalized spacial score (nSPS) is 10.6. The number of hydrogen-bond acceptors (Lipinski definition) is 2. The van der Waals surface area contributed by atoms with E-state index in [-0.39, 0.29) is 18.1 Å². The summed E-state index contributed by atoms with van der Waals surface area (Å²) in [5, 5.41) is 0. The Kier molecular flexibility index (Phi) is 4.15. The topological polar surface area (TPSA) is 38.0 Å². The lowest BCUT2D eigenvalue weighted by atomic mass is 10.2. The molecule has 0 saturated carbocycles. The quantitative estimate of drug-likeness (QED) is 0.442. The highest BCUT2D eigenvalue weighted by atomic mass is 35.5. The zero-order valence-electron chi connectivity index (χ0n) is 6.73. The molecule has 0 unspecified atom stereocenters. The number of halogens is 5. The van der Waals surface area contributed by atoms with Crippen LogP contribution in [0.2, 0.25) is 0 Å². The third kappa shape index (κ3) is 2.49. The van der Waals surface area contributed by atoms with Crippen LogP contribution in [0.5, 0.6) is 0 Å². The molecule has 0 amide bonds. The fraction of sp³-hybridized carbons (Fsp3) is 0.143. The lowest BCUT2D eigenvalue weighted by Gasteiger charge is -2.10. The van der Waals surface area contributed by atoms with E-state index in [0.717, 1.165) is 12.1 Å². The number of benzene rings is 1. The van der Waals surface area contributed by atoms with Gasteiger partial charge in [0, 0.05) is 0 Å². The molecule has 0 aliphatic carbocycles. The number of nitrogen functional groups attached to an aromatic ring is 1. The van der Waals surface area contributed by atoms with E-state index in [9.17, 15) is 17.6 Å². The van der Waals surface area contributed by atoms with Crippen LogP contribution in [0, 0.1) is 5.82 Å². The van der Waals surface area contributed by atoms with Crippen LogP contribution in [0.25, 0.3) is 0 Å². The molecule has 2 nitrogen and oxygen atoms in total. The van der Waals surface area contributed by atoms with E-state index in [4.69, 9.17) is 5.84 Å². The van der Waals surface area contributed by atoms with Crippen LogP contribution >= 0.6 is 12.4 Å². The smallest absolute Gasteiger partial charge is 0.321 e. The van der Waals surface area contributed by atoms with Gasteiger partial charge in [0.25, 0.3) is 0 Å². The Bertz CT molecular complexity index is 313. The first-order chi connectivity index (χ1) is 5.96. The second-order valence-corrected chi connectivity index (χ2v) is 2.31. The number of anilines is 1. The fourth-order valence-electron chi connectivity index (χ4n) is 0.862. The fourth-order valence-corrected chi connectivity index (χ4v) is 0.862. The van der Waals surface area contributed by atoms with Crippen molar-refractivity contribution in [2.24, 2.45) is 5.84 Å². The average Bonchev–Trinajstić information content (AvgIpc) is 2.02. The molecule has 7 heteroatoms. The van der Waals surface area contributed by atoms with Gasteiger partial charge in [-0.05, 0) is 12.1 Å². The molecule has 0 aromatic heterocycles. The molecule has 0 aliphatic heterocycles. The number of rotatable bonds is 1. The van der Waals surface area contributed by atoms with Crippen molar-refractivity contribution in [3.63, 3.8) is 0 Å². The molecule has 0 heterocycles. The van der Waals surface area contributed by atoms with E-state index in [0.29, 0.717) is 6.07 Å². The van der Waals surface area contributed by atoms with Crippen molar-refractivity contribution in [1.82, 2.24) is 0 Å². The van der Waals surface area contributed by atoms with E-state index in [1.165, 1.54) is 0 Å². The second kappa shape index (κ2) is 4.47. The average molecular weight is 231 g/mol. The summed E-state index contributed by atoms with van der Waals surface area (Å²) in [6.45, 7) is 0. The van der Waals surface area contributed by atoms with Gasteiger partial charge < -0.3 is 5.43 Å². The van der Waals surface area contributed by atoms with Crippen LogP contribution in [0.4, 0.5) is 23.2 Å². The van der Waals surface area contributed by atoms with Crippen LogP contribution in [0.1, 0.15) is 5.56 Å². The Morgan fingerprint density at radius 3 is 2.21 bits per heavy atom. The Balaban J connectivity index is 0.00000169. The molecule has 1 aromatic rings. The van der Waals surface area contributed by atoms with Crippen molar-refractivity contribution in [3.8, 4) is 0 Å². The van der Waals surface area contributed by atoms with E-state index >= 15 is 0 Å². The molecule has 0 bridgehead atoms. The summed E-state index contributed by atoms with van der Waals surface area (Å²) in [5.41, 5.74) is 0.122. The molecular weight excluding hydrogens is 224 g/mol. The zero-order valence-corrected chi connectivity index (χ0v) is 7.55. The van der Waals surface area contributed by atoms with Gasteiger partial charge in [-0.1, -0.05) is 6.07 Å². The Morgan fingerprint density at radius 2 is 1.79 bits per heavy atom. The molecule has 0 saturated heterocycles. The highest BCUT2D eigenvalue weighted by Crippen LogP contribution is 2.33. The zero-order chi connectivity index (χ0) is 10.1. The van der Waals surface area contributed by atoms with Crippen LogP contribution in [0.3, 0.4) is 0 Å². The summed E-state index contributed by atoms with van der Waals surface area (Å²) in [5.74, 6) is 3.41. The number of alkyl halides is 3. The van der Waals surface area contributed by atoms with Gasteiger partial charge in [-0.2, -0.15) is 13.2 Å². The minimum atomic E-state index is -4.70.